The predicted molar refractivity (Wildman–Crippen MR) is 94.7 cm³/mol. The van der Waals surface area contributed by atoms with Crippen molar-refractivity contribution in [2.75, 3.05) is 5.75 Å². The van der Waals surface area contributed by atoms with Crippen LogP contribution in [0.3, 0.4) is 0 Å². The Morgan fingerprint density at radius 2 is 1.88 bits per heavy atom. The van der Waals surface area contributed by atoms with Crippen molar-refractivity contribution in [3.05, 3.63) is 65.5 Å². The number of Topliss-reactive ketones (excluding diaryl/α,β-unsaturated/α-hetero) is 1. The van der Waals surface area contributed by atoms with Gasteiger partial charge < -0.3 is 0 Å². The highest BCUT2D eigenvalue weighted by atomic mass is 32.2. The van der Waals surface area contributed by atoms with Gasteiger partial charge in [-0.15, -0.1) is 5.10 Å². The maximum atomic E-state index is 13.7. The molecule has 0 aliphatic carbocycles. The number of carbonyl (C=O) groups excluding carboxylic acids is 1. The average molecular weight is 356 g/mol. The van der Waals surface area contributed by atoms with E-state index in [4.69, 9.17) is 0 Å². The molecule has 0 saturated heterocycles. The molecule has 5 nitrogen and oxygen atoms in total. The van der Waals surface area contributed by atoms with Crippen molar-refractivity contribution in [1.82, 2.24) is 20.2 Å². The van der Waals surface area contributed by atoms with Gasteiger partial charge in [-0.25, -0.2) is 4.39 Å². The van der Waals surface area contributed by atoms with E-state index in [2.05, 4.69) is 29.4 Å². The number of thioether (sulfide) groups is 1. The van der Waals surface area contributed by atoms with E-state index in [9.17, 15) is 9.18 Å². The van der Waals surface area contributed by atoms with Crippen LogP contribution in [0.1, 0.15) is 35.7 Å². The third kappa shape index (κ3) is 3.93. The van der Waals surface area contributed by atoms with Crippen LogP contribution in [0.4, 0.5) is 4.39 Å². The minimum atomic E-state index is -0.517. The zero-order valence-corrected chi connectivity index (χ0v) is 14.7. The molecule has 0 aliphatic heterocycles. The van der Waals surface area contributed by atoms with Gasteiger partial charge in [0, 0.05) is 0 Å². The van der Waals surface area contributed by atoms with Crippen LogP contribution in [0.5, 0.6) is 0 Å². The molecule has 0 amide bonds. The zero-order valence-electron chi connectivity index (χ0n) is 13.9. The lowest BCUT2D eigenvalue weighted by atomic mass is 10.0. The Bertz CT molecular complexity index is 877. The number of benzene rings is 2. The molecule has 0 bridgehead atoms. The second kappa shape index (κ2) is 7.57. The molecule has 3 aromatic rings. The van der Waals surface area contributed by atoms with Gasteiger partial charge in [-0.05, 0) is 46.2 Å². The van der Waals surface area contributed by atoms with Crippen LogP contribution in [0.25, 0.3) is 5.69 Å². The zero-order chi connectivity index (χ0) is 17.8. The van der Waals surface area contributed by atoms with E-state index < -0.39 is 5.82 Å². The third-order valence-electron chi connectivity index (χ3n) is 3.75. The third-order valence-corrected chi connectivity index (χ3v) is 4.67. The summed E-state index contributed by atoms with van der Waals surface area (Å²) in [5.41, 5.74) is 2.12. The van der Waals surface area contributed by atoms with Crippen molar-refractivity contribution < 1.29 is 9.18 Å². The fraction of sp³-hybridized carbons (Fsp3) is 0.222. The molecule has 25 heavy (non-hydrogen) atoms. The first-order valence-corrected chi connectivity index (χ1v) is 8.84. The van der Waals surface area contributed by atoms with Crippen LogP contribution in [0.15, 0.2) is 53.7 Å². The summed E-state index contributed by atoms with van der Waals surface area (Å²) in [7, 11) is 0. The number of nitrogens with zero attached hydrogens (tertiary/aromatic N) is 4. The van der Waals surface area contributed by atoms with Gasteiger partial charge in [0.05, 0.1) is 17.0 Å². The molecule has 1 aromatic heterocycles. The Hall–Kier alpha value is -2.54. The van der Waals surface area contributed by atoms with E-state index in [0.29, 0.717) is 11.1 Å². The van der Waals surface area contributed by atoms with Gasteiger partial charge in [-0.2, -0.15) is 4.68 Å². The summed E-state index contributed by atoms with van der Waals surface area (Å²) in [6.45, 7) is 4.25. The van der Waals surface area contributed by atoms with Gasteiger partial charge in [0.25, 0.3) is 0 Å². The number of tetrazole rings is 1. The first kappa shape index (κ1) is 17.3. The lowest BCUT2D eigenvalue weighted by Crippen LogP contribution is -2.07. The van der Waals surface area contributed by atoms with Gasteiger partial charge in [0.15, 0.2) is 5.78 Å². The summed E-state index contributed by atoms with van der Waals surface area (Å²) in [4.78, 5) is 12.2. The van der Waals surface area contributed by atoms with Crippen LogP contribution in [-0.2, 0) is 0 Å². The Morgan fingerprint density at radius 1 is 1.16 bits per heavy atom. The van der Waals surface area contributed by atoms with Crippen molar-refractivity contribution in [2.45, 2.75) is 24.9 Å². The van der Waals surface area contributed by atoms with Crippen LogP contribution in [0, 0.1) is 5.82 Å². The molecule has 128 valence electrons. The lowest BCUT2D eigenvalue weighted by Gasteiger charge is -2.08. The Labute approximate surface area is 149 Å². The molecule has 0 aliphatic rings. The normalized spacial score (nSPS) is 11.0. The monoisotopic (exact) mass is 356 g/mol. The number of halogens is 1. The molecule has 0 spiro atoms. The average Bonchev–Trinajstić information content (AvgIpc) is 3.08. The standard InChI is InChI=1S/C18H17FN4OS/c1-12(2)13-7-9-14(10-8-13)23-18(20-21-22-23)25-11-17(24)15-5-3-4-6-16(15)19/h3-10,12H,11H2,1-2H3. The molecule has 0 saturated carbocycles. The summed E-state index contributed by atoms with van der Waals surface area (Å²) < 4.78 is 15.3. The topological polar surface area (TPSA) is 60.7 Å². The van der Waals surface area contributed by atoms with Crippen LogP contribution in [0.2, 0.25) is 0 Å². The van der Waals surface area contributed by atoms with Gasteiger partial charge in [0.1, 0.15) is 5.82 Å². The molecule has 0 atom stereocenters. The number of hydrogen-bond acceptors (Lipinski definition) is 5. The highest BCUT2D eigenvalue weighted by Crippen LogP contribution is 2.22. The molecule has 0 unspecified atom stereocenters. The quantitative estimate of drug-likeness (QED) is 0.495. The maximum Gasteiger partial charge on any atom is 0.214 e. The largest absolute Gasteiger partial charge is 0.293 e. The lowest BCUT2D eigenvalue weighted by molar-refractivity contribution is 0.101. The summed E-state index contributed by atoms with van der Waals surface area (Å²) in [6, 6.07) is 13.9. The number of aromatic nitrogens is 4. The highest BCUT2D eigenvalue weighted by molar-refractivity contribution is 7.99. The van der Waals surface area contributed by atoms with E-state index in [1.807, 2.05) is 24.3 Å². The van der Waals surface area contributed by atoms with E-state index in [1.165, 1.54) is 29.5 Å². The van der Waals surface area contributed by atoms with Gasteiger partial charge in [-0.1, -0.05) is 49.9 Å². The van der Waals surface area contributed by atoms with Gasteiger partial charge in [0.2, 0.25) is 5.16 Å². The van der Waals surface area contributed by atoms with E-state index in [1.54, 1.807) is 16.8 Å². The fourth-order valence-corrected chi connectivity index (χ4v) is 3.10. The van der Waals surface area contributed by atoms with Crippen LogP contribution >= 0.6 is 11.8 Å². The molecule has 7 heteroatoms. The van der Waals surface area contributed by atoms with Crippen LogP contribution < -0.4 is 0 Å². The smallest absolute Gasteiger partial charge is 0.214 e. The molecule has 3 rings (SSSR count). The molecule has 0 fully saturated rings. The molecule has 2 aromatic carbocycles. The molecule has 0 N–H and O–H groups in total. The van der Waals surface area contributed by atoms with Gasteiger partial charge in [-0.3, -0.25) is 4.79 Å². The van der Waals surface area contributed by atoms with Crippen molar-refractivity contribution >= 4 is 17.5 Å². The molecule has 1 heterocycles. The number of carbonyl (C=O) groups is 1. The predicted octanol–water partition coefficient (Wildman–Crippen LogP) is 3.90. The minimum absolute atomic E-state index is 0.0609. The SMILES string of the molecule is CC(C)c1ccc(-n2nnnc2SCC(=O)c2ccccc2F)cc1. The summed E-state index contributed by atoms with van der Waals surface area (Å²) in [5, 5.41) is 12.1. The summed E-state index contributed by atoms with van der Waals surface area (Å²) in [6.07, 6.45) is 0. The number of hydrogen-bond donors (Lipinski definition) is 0. The Morgan fingerprint density at radius 3 is 2.56 bits per heavy atom. The van der Waals surface area contributed by atoms with Crippen molar-refractivity contribution in [1.29, 1.82) is 0 Å². The second-order valence-corrected chi connectivity index (χ2v) is 6.75. The Balaban J connectivity index is 1.74. The number of rotatable bonds is 6. The first-order valence-electron chi connectivity index (χ1n) is 7.85. The summed E-state index contributed by atoms with van der Waals surface area (Å²) >= 11 is 1.18. The molecule has 0 radical (unpaired) electrons. The maximum absolute atomic E-state index is 13.7. The Kier molecular flexibility index (Phi) is 5.23. The van der Waals surface area contributed by atoms with Crippen molar-refractivity contribution in [3.63, 3.8) is 0 Å². The highest BCUT2D eigenvalue weighted by Gasteiger charge is 2.15. The fourth-order valence-electron chi connectivity index (χ4n) is 2.33. The molecular formula is C18H17FN4OS. The van der Waals surface area contributed by atoms with E-state index in [0.717, 1.165) is 5.69 Å². The molecular weight excluding hydrogens is 339 g/mol. The first-order chi connectivity index (χ1) is 12.1. The van der Waals surface area contributed by atoms with E-state index in [-0.39, 0.29) is 17.1 Å². The van der Waals surface area contributed by atoms with Crippen molar-refractivity contribution in [2.24, 2.45) is 0 Å². The summed E-state index contributed by atoms with van der Waals surface area (Å²) in [5.74, 6) is -0.314. The van der Waals surface area contributed by atoms with Crippen molar-refractivity contribution in [3.8, 4) is 5.69 Å². The van der Waals surface area contributed by atoms with Crippen LogP contribution in [-0.4, -0.2) is 31.7 Å². The number of ketones is 1. The van der Waals surface area contributed by atoms with Gasteiger partial charge >= 0.3 is 0 Å². The van der Waals surface area contributed by atoms with E-state index >= 15 is 0 Å². The minimum Gasteiger partial charge on any atom is -0.293 e. The second-order valence-electron chi connectivity index (χ2n) is 5.81.